The number of allylic oxidation sites excluding steroid dienone is 9. The van der Waals surface area contributed by atoms with Crippen molar-refractivity contribution < 1.29 is 32.9 Å². The molecule has 0 saturated carbocycles. The van der Waals surface area contributed by atoms with Crippen molar-refractivity contribution in [1.29, 1.82) is 0 Å². The van der Waals surface area contributed by atoms with Crippen molar-refractivity contribution in [3.8, 4) is 0 Å². The minimum Gasteiger partial charge on any atom is -0.387 e. The molecular formula is C40H74N2O6P+. The molecule has 3 N–H and O–H groups in total. The topological polar surface area (TPSA) is 105 Å². The van der Waals surface area contributed by atoms with Gasteiger partial charge in [-0.1, -0.05) is 126 Å². The summed E-state index contributed by atoms with van der Waals surface area (Å²) in [6.07, 6.45) is 40.0. The number of nitrogens with one attached hydrogen (secondary N) is 1. The predicted octanol–water partition coefficient (Wildman–Crippen LogP) is 9.90. The molecule has 0 radical (unpaired) electrons. The van der Waals surface area contributed by atoms with E-state index in [4.69, 9.17) is 9.05 Å². The number of hydrogen-bond acceptors (Lipinski definition) is 5. The number of likely N-dealkylation sites (N-methyl/N-ethyl adjacent to an activating group) is 1. The second kappa shape index (κ2) is 32.1. The normalized spacial score (nSPS) is 15.3. The maximum absolute atomic E-state index is 12.8. The zero-order valence-electron chi connectivity index (χ0n) is 31.9. The summed E-state index contributed by atoms with van der Waals surface area (Å²) in [5.41, 5.74) is 0. The van der Waals surface area contributed by atoms with Crippen molar-refractivity contribution >= 4 is 13.7 Å². The van der Waals surface area contributed by atoms with Crippen molar-refractivity contribution in [1.82, 2.24) is 5.32 Å². The highest BCUT2D eigenvalue weighted by atomic mass is 31.2. The van der Waals surface area contributed by atoms with Gasteiger partial charge in [-0.05, 0) is 64.2 Å². The number of nitrogens with zero attached hydrogens (tertiary/aromatic N) is 1. The second-order valence-electron chi connectivity index (χ2n) is 13.9. The Morgan fingerprint density at radius 2 is 1.24 bits per heavy atom. The van der Waals surface area contributed by atoms with E-state index in [1.165, 1.54) is 38.5 Å². The predicted molar refractivity (Wildman–Crippen MR) is 207 cm³/mol. The molecule has 0 aromatic heterocycles. The SMILES string of the molecule is CC/C=C\C/C=C\C/C=C\CCCCCCCC(=O)NC(COP(=O)(O)OCC[N+](C)(C)C)C(O)/C=C/CC/C=C/CCCCCCCC. The number of quaternary nitrogens is 1. The summed E-state index contributed by atoms with van der Waals surface area (Å²) in [4.78, 5) is 23.0. The van der Waals surface area contributed by atoms with Crippen LogP contribution < -0.4 is 5.32 Å². The monoisotopic (exact) mass is 710 g/mol. The molecule has 0 bridgehead atoms. The lowest BCUT2D eigenvalue weighted by atomic mass is 10.1. The number of phosphoric ester groups is 1. The van der Waals surface area contributed by atoms with E-state index in [1.54, 1.807) is 6.08 Å². The number of unbranched alkanes of at least 4 members (excludes halogenated alkanes) is 12. The van der Waals surface area contributed by atoms with Gasteiger partial charge < -0.3 is 19.8 Å². The summed E-state index contributed by atoms with van der Waals surface area (Å²) < 4.78 is 23.4. The van der Waals surface area contributed by atoms with Crippen molar-refractivity contribution in [2.75, 3.05) is 40.9 Å². The van der Waals surface area contributed by atoms with Crippen molar-refractivity contribution in [2.24, 2.45) is 0 Å². The van der Waals surface area contributed by atoms with Gasteiger partial charge in [0.05, 0.1) is 39.9 Å². The standard InChI is InChI=1S/C40H73N2O6P/c1-6-8-10-12-14-16-18-20-21-22-24-26-28-30-32-34-40(44)41-38(37-48-49(45,46)47-36-35-42(3,4)5)39(43)33-31-29-27-25-23-19-17-15-13-11-9-7-2/h8,10,14,16,20-21,23,25,31,33,38-39,43H,6-7,9,11-13,15,17-19,22,24,26-30,32,34-37H2,1-5H3,(H-,41,44,45,46)/p+1/b10-8-,16-14-,21-20-,25-23+,33-31+. The third-order valence-corrected chi connectivity index (χ3v) is 8.96. The van der Waals surface area contributed by atoms with Crippen molar-refractivity contribution in [2.45, 2.75) is 148 Å². The molecule has 49 heavy (non-hydrogen) atoms. The van der Waals surface area contributed by atoms with E-state index in [0.717, 1.165) is 77.0 Å². The van der Waals surface area contributed by atoms with Crippen LogP contribution in [0, 0.1) is 0 Å². The van der Waals surface area contributed by atoms with Crippen LogP contribution in [0.1, 0.15) is 136 Å². The summed E-state index contributed by atoms with van der Waals surface area (Å²) in [6, 6.07) is -0.871. The van der Waals surface area contributed by atoms with Gasteiger partial charge in [-0.25, -0.2) is 4.57 Å². The lowest BCUT2D eigenvalue weighted by Gasteiger charge is -2.25. The van der Waals surface area contributed by atoms with Gasteiger partial charge in [0.15, 0.2) is 0 Å². The second-order valence-corrected chi connectivity index (χ2v) is 15.4. The molecule has 0 spiro atoms. The minimum absolute atomic E-state index is 0.0496. The van der Waals surface area contributed by atoms with Crippen molar-refractivity contribution in [3.05, 3.63) is 60.8 Å². The fourth-order valence-corrected chi connectivity index (χ4v) is 5.63. The molecule has 0 fully saturated rings. The lowest BCUT2D eigenvalue weighted by Crippen LogP contribution is -2.45. The Hall–Kier alpha value is -1.80. The van der Waals surface area contributed by atoms with E-state index in [-0.39, 0.29) is 19.1 Å². The zero-order chi connectivity index (χ0) is 36.5. The maximum Gasteiger partial charge on any atom is 0.472 e. The maximum atomic E-state index is 12.8. The summed E-state index contributed by atoms with van der Waals surface area (Å²) in [5, 5.41) is 13.7. The van der Waals surface area contributed by atoms with Gasteiger partial charge in [-0.2, -0.15) is 0 Å². The first kappa shape index (κ1) is 47.2. The highest BCUT2D eigenvalue weighted by Crippen LogP contribution is 2.43. The van der Waals surface area contributed by atoms with Gasteiger partial charge in [-0.15, -0.1) is 0 Å². The van der Waals surface area contributed by atoms with Gasteiger partial charge in [-0.3, -0.25) is 13.8 Å². The van der Waals surface area contributed by atoms with Crippen LogP contribution in [0.15, 0.2) is 60.8 Å². The van der Waals surface area contributed by atoms with Gasteiger partial charge in [0.2, 0.25) is 5.91 Å². The lowest BCUT2D eigenvalue weighted by molar-refractivity contribution is -0.870. The molecule has 0 aliphatic rings. The molecule has 3 unspecified atom stereocenters. The smallest absolute Gasteiger partial charge is 0.387 e. The number of rotatable bonds is 33. The van der Waals surface area contributed by atoms with Gasteiger partial charge in [0, 0.05) is 6.42 Å². The molecule has 0 saturated heterocycles. The Balaban J connectivity index is 4.62. The average Bonchev–Trinajstić information content (AvgIpc) is 3.04. The van der Waals surface area contributed by atoms with E-state index >= 15 is 0 Å². The first-order valence-electron chi connectivity index (χ1n) is 19.2. The molecule has 0 rings (SSSR count). The fourth-order valence-electron chi connectivity index (χ4n) is 4.89. The summed E-state index contributed by atoms with van der Waals surface area (Å²) in [7, 11) is 1.53. The highest BCUT2D eigenvalue weighted by Gasteiger charge is 2.27. The number of hydrogen-bond donors (Lipinski definition) is 3. The molecule has 0 heterocycles. The van der Waals surface area contributed by atoms with E-state index in [9.17, 15) is 19.4 Å². The van der Waals surface area contributed by atoms with Crippen LogP contribution in [-0.2, 0) is 18.4 Å². The summed E-state index contributed by atoms with van der Waals surface area (Å²) in [5.74, 6) is -0.210. The Kier molecular flexibility index (Phi) is 31.0. The third-order valence-electron chi connectivity index (χ3n) is 7.97. The minimum atomic E-state index is -4.34. The number of carbonyl (C=O) groups excluding carboxylic acids is 1. The number of aliphatic hydroxyl groups excluding tert-OH is 1. The largest absolute Gasteiger partial charge is 0.472 e. The molecule has 284 valence electrons. The number of amides is 1. The summed E-state index contributed by atoms with van der Waals surface area (Å²) >= 11 is 0. The Labute approximate surface area is 301 Å². The first-order chi connectivity index (χ1) is 23.5. The van der Waals surface area contributed by atoms with Crippen LogP contribution >= 0.6 is 7.82 Å². The van der Waals surface area contributed by atoms with E-state index in [0.29, 0.717) is 17.4 Å². The molecule has 0 aromatic carbocycles. The van der Waals surface area contributed by atoms with E-state index < -0.39 is 20.0 Å². The zero-order valence-corrected chi connectivity index (χ0v) is 32.8. The van der Waals surface area contributed by atoms with Crippen LogP contribution in [0.25, 0.3) is 0 Å². The molecule has 0 aliphatic carbocycles. The van der Waals surface area contributed by atoms with Crippen molar-refractivity contribution in [3.63, 3.8) is 0 Å². The Morgan fingerprint density at radius 1 is 0.714 bits per heavy atom. The van der Waals surface area contributed by atoms with Crippen LogP contribution in [0.4, 0.5) is 0 Å². The summed E-state index contributed by atoms with van der Waals surface area (Å²) in [6.45, 7) is 4.61. The quantitative estimate of drug-likeness (QED) is 0.0271. The average molecular weight is 710 g/mol. The Morgan fingerprint density at radius 3 is 1.88 bits per heavy atom. The van der Waals surface area contributed by atoms with Gasteiger partial charge in [0.25, 0.3) is 0 Å². The van der Waals surface area contributed by atoms with E-state index in [1.807, 2.05) is 27.2 Å². The van der Waals surface area contributed by atoms with E-state index in [2.05, 4.69) is 67.8 Å². The van der Waals surface area contributed by atoms with Crippen LogP contribution in [0.3, 0.4) is 0 Å². The van der Waals surface area contributed by atoms with Gasteiger partial charge >= 0.3 is 7.82 Å². The molecule has 1 amide bonds. The van der Waals surface area contributed by atoms with Crippen LogP contribution in [0.2, 0.25) is 0 Å². The number of aliphatic hydroxyl groups is 1. The molecule has 8 nitrogen and oxygen atoms in total. The van der Waals surface area contributed by atoms with Gasteiger partial charge in [0.1, 0.15) is 13.2 Å². The fraction of sp³-hybridized carbons (Fsp3) is 0.725. The molecule has 0 aromatic rings. The Bertz CT molecular complexity index is 986. The molecule has 3 atom stereocenters. The van der Waals surface area contributed by atoms with Crippen LogP contribution in [0.5, 0.6) is 0 Å². The number of phosphoric acid groups is 1. The number of carbonyl (C=O) groups is 1. The molecular weight excluding hydrogens is 635 g/mol. The third kappa shape index (κ3) is 34.4. The molecule has 0 aliphatic heterocycles. The first-order valence-corrected chi connectivity index (χ1v) is 20.7. The van der Waals surface area contributed by atoms with Crippen LogP contribution in [-0.4, -0.2) is 73.4 Å². The molecule has 9 heteroatoms. The highest BCUT2D eigenvalue weighted by molar-refractivity contribution is 7.47.